The van der Waals surface area contributed by atoms with Crippen LogP contribution in [0.25, 0.3) is 11.3 Å². The minimum atomic E-state index is -1.05. The summed E-state index contributed by atoms with van der Waals surface area (Å²) in [6.45, 7) is 3.81. The number of aromatic nitrogens is 2. The number of carboxylic acids is 1. The molecule has 7 nitrogen and oxygen atoms in total. The number of hydrogen-bond acceptors (Lipinski definition) is 4. The first-order valence-corrected chi connectivity index (χ1v) is 7.64. The number of carbonyl (C=O) groups is 2. The Morgan fingerprint density at radius 1 is 1.29 bits per heavy atom. The summed E-state index contributed by atoms with van der Waals surface area (Å²) in [5.74, 6) is -0.657. The Bertz CT molecular complexity index is 707. The maximum absolute atomic E-state index is 12.2. The van der Waals surface area contributed by atoms with Gasteiger partial charge in [0.15, 0.2) is 0 Å². The van der Waals surface area contributed by atoms with Crippen LogP contribution in [0.2, 0.25) is 0 Å². The summed E-state index contributed by atoms with van der Waals surface area (Å²) in [7, 11) is 1.59. The summed E-state index contributed by atoms with van der Waals surface area (Å²) in [4.78, 5) is 23.5. The highest BCUT2D eigenvalue weighted by Crippen LogP contribution is 2.21. The lowest BCUT2D eigenvalue weighted by Crippen LogP contribution is -2.41. The van der Waals surface area contributed by atoms with Crippen LogP contribution in [0, 0.1) is 5.92 Å². The predicted molar refractivity (Wildman–Crippen MR) is 88.9 cm³/mol. The van der Waals surface area contributed by atoms with Crippen molar-refractivity contribution in [3.63, 3.8) is 0 Å². The van der Waals surface area contributed by atoms with Crippen molar-refractivity contribution >= 4 is 11.9 Å². The zero-order chi connectivity index (χ0) is 17.7. The van der Waals surface area contributed by atoms with Gasteiger partial charge in [0.1, 0.15) is 17.5 Å². The Hall–Kier alpha value is -2.83. The van der Waals surface area contributed by atoms with Crippen LogP contribution in [0.3, 0.4) is 0 Å². The Labute approximate surface area is 140 Å². The number of nitrogens with zero attached hydrogens (tertiary/aromatic N) is 1. The van der Waals surface area contributed by atoms with Crippen molar-refractivity contribution in [1.29, 1.82) is 0 Å². The van der Waals surface area contributed by atoms with E-state index in [2.05, 4.69) is 15.5 Å². The number of nitrogens with one attached hydrogen (secondary N) is 2. The van der Waals surface area contributed by atoms with Gasteiger partial charge in [-0.05, 0) is 42.7 Å². The lowest BCUT2D eigenvalue weighted by atomic mass is 10.0. The third-order valence-electron chi connectivity index (χ3n) is 3.52. The van der Waals surface area contributed by atoms with E-state index in [1.165, 1.54) is 0 Å². The molecule has 128 valence electrons. The first-order chi connectivity index (χ1) is 11.4. The number of benzene rings is 1. The summed E-state index contributed by atoms with van der Waals surface area (Å²) >= 11 is 0. The van der Waals surface area contributed by atoms with Crippen LogP contribution in [0.15, 0.2) is 30.3 Å². The highest BCUT2D eigenvalue weighted by atomic mass is 16.5. The second-order valence-electron chi connectivity index (χ2n) is 5.89. The second kappa shape index (κ2) is 7.63. The van der Waals surface area contributed by atoms with E-state index in [9.17, 15) is 14.7 Å². The molecule has 1 atom stereocenters. The van der Waals surface area contributed by atoms with Gasteiger partial charge in [0, 0.05) is 5.56 Å². The van der Waals surface area contributed by atoms with Crippen molar-refractivity contribution in [3.05, 3.63) is 36.0 Å². The molecule has 7 heteroatoms. The molecule has 1 heterocycles. The minimum absolute atomic E-state index is 0.156. The van der Waals surface area contributed by atoms with E-state index in [-0.39, 0.29) is 11.6 Å². The van der Waals surface area contributed by atoms with E-state index in [0.29, 0.717) is 12.1 Å². The van der Waals surface area contributed by atoms with Gasteiger partial charge in [-0.3, -0.25) is 9.89 Å². The van der Waals surface area contributed by atoms with E-state index >= 15 is 0 Å². The van der Waals surface area contributed by atoms with E-state index in [4.69, 9.17) is 4.74 Å². The minimum Gasteiger partial charge on any atom is -0.497 e. The topological polar surface area (TPSA) is 104 Å². The van der Waals surface area contributed by atoms with Gasteiger partial charge in [-0.2, -0.15) is 5.10 Å². The number of carboxylic acid groups (broad SMARTS) is 1. The highest BCUT2D eigenvalue weighted by Gasteiger charge is 2.22. The number of methoxy groups -OCH3 is 1. The second-order valence-corrected chi connectivity index (χ2v) is 5.89. The number of amides is 1. The van der Waals surface area contributed by atoms with Gasteiger partial charge in [0.2, 0.25) is 0 Å². The number of rotatable bonds is 7. The van der Waals surface area contributed by atoms with Crippen LogP contribution >= 0.6 is 0 Å². The van der Waals surface area contributed by atoms with E-state index in [1.807, 2.05) is 26.0 Å². The molecule has 2 rings (SSSR count). The van der Waals surface area contributed by atoms with Crippen LogP contribution in [-0.4, -0.2) is 40.3 Å². The molecule has 24 heavy (non-hydrogen) atoms. The Kier molecular flexibility index (Phi) is 5.57. The summed E-state index contributed by atoms with van der Waals surface area (Å²) in [5.41, 5.74) is 1.64. The Balaban J connectivity index is 2.10. The normalized spacial score (nSPS) is 12.0. The maximum atomic E-state index is 12.2. The van der Waals surface area contributed by atoms with Gasteiger partial charge >= 0.3 is 5.97 Å². The lowest BCUT2D eigenvalue weighted by Gasteiger charge is -2.15. The Morgan fingerprint density at radius 2 is 1.96 bits per heavy atom. The van der Waals surface area contributed by atoms with Crippen molar-refractivity contribution in [3.8, 4) is 17.0 Å². The van der Waals surface area contributed by atoms with Crippen LogP contribution in [0.1, 0.15) is 30.8 Å². The van der Waals surface area contributed by atoms with Gasteiger partial charge in [0.25, 0.3) is 5.91 Å². The number of aliphatic carboxylic acids is 1. The number of H-pyrrole nitrogens is 1. The fourth-order valence-corrected chi connectivity index (χ4v) is 2.28. The quantitative estimate of drug-likeness (QED) is 0.722. The zero-order valence-corrected chi connectivity index (χ0v) is 13.9. The SMILES string of the molecule is COc1ccc(-c2cc(C(=O)N[C@@H](CC(C)C)C(=O)O)[nH]n2)cc1. The number of aromatic amines is 1. The van der Waals surface area contributed by atoms with E-state index < -0.39 is 17.9 Å². The lowest BCUT2D eigenvalue weighted by molar-refractivity contribution is -0.139. The fraction of sp³-hybridized carbons (Fsp3) is 0.353. The third-order valence-corrected chi connectivity index (χ3v) is 3.52. The van der Waals surface area contributed by atoms with Gasteiger partial charge in [0.05, 0.1) is 12.8 Å². The Morgan fingerprint density at radius 3 is 2.50 bits per heavy atom. The highest BCUT2D eigenvalue weighted by molar-refractivity contribution is 5.95. The van der Waals surface area contributed by atoms with Crippen LogP contribution < -0.4 is 10.1 Å². The van der Waals surface area contributed by atoms with Crippen molar-refractivity contribution < 1.29 is 19.4 Å². The monoisotopic (exact) mass is 331 g/mol. The summed E-state index contributed by atoms with van der Waals surface area (Å²) in [6, 6.07) is 7.92. The number of carbonyl (C=O) groups excluding carboxylic acids is 1. The molecule has 1 aromatic heterocycles. The third kappa shape index (κ3) is 4.34. The van der Waals surface area contributed by atoms with Gasteiger partial charge in [-0.1, -0.05) is 13.8 Å². The molecule has 0 saturated carbocycles. The molecule has 0 saturated heterocycles. The fourth-order valence-electron chi connectivity index (χ4n) is 2.28. The molecule has 3 N–H and O–H groups in total. The number of ether oxygens (including phenoxy) is 1. The van der Waals surface area contributed by atoms with Crippen molar-refractivity contribution in [1.82, 2.24) is 15.5 Å². The molecule has 1 aromatic carbocycles. The van der Waals surface area contributed by atoms with Crippen LogP contribution in [-0.2, 0) is 4.79 Å². The zero-order valence-electron chi connectivity index (χ0n) is 13.9. The molecular weight excluding hydrogens is 310 g/mol. The molecule has 0 fully saturated rings. The van der Waals surface area contributed by atoms with E-state index in [0.717, 1.165) is 11.3 Å². The van der Waals surface area contributed by atoms with Crippen molar-refractivity contribution in [2.24, 2.45) is 5.92 Å². The van der Waals surface area contributed by atoms with Crippen molar-refractivity contribution in [2.45, 2.75) is 26.3 Å². The van der Waals surface area contributed by atoms with Crippen LogP contribution in [0.5, 0.6) is 5.75 Å². The standard InChI is InChI=1S/C17H21N3O4/c1-10(2)8-15(17(22)23)18-16(21)14-9-13(19-20-14)11-4-6-12(24-3)7-5-11/h4-7,9-10,15H,8H2,1-3H3,(H,18,21)(H,19,20)(H,22,23)/t15-/m0/s1. The molecule has 2 aromatic rings. The molecule has 0 bridgehead atoms. The predicted octanol–water partition coefficient (Wildman–Crippen LogP) is 2.31. The van der Waals surface area contributed by atoms with Gasteiger partial charge in [-0.25, -0.2) is 4.79 Å². The maximum Gasteiger partial charge on any atom is 0.326 e. The molecule has 0 aliphatic heterocycles. The molecule has 0 radical (unpaired) electrons. The molecule has 0 unspecified atom stereocenters. The first-order valence-electron chi connectivity index (χ1n) is 7.64. The molecular formula is C17H21N3O4. The first kappa shape index (κ1) is 17.5. The van der Waals surface area contributed by atoms with Crippen LogP contribution in [0.4, 0.5) is 0 Å². The van der Waals surface area contributed by atoms with E-state index in [1.54, 1.807) is 25.3 Å². The summed E-state index contributed by atoms with van der Waals surface area (Å²) < 4.78 is 5.10. The average molecular weight is 331 g/mol. The smallest absolute Gasteiger partial charge is 0.326 e. The van der Waals surface area contributed by atoms with Crippen molar-refractivity contribution in [2.75, 3.05) is 7.11 Å². The molecule has 0 aliphatic carbocycles. The summed E-state index contributed by atoms with van der Waals surface area (Å²) in [6.07, 6.45) is 0.362. The van der Waals surface area contributed by atoms with Gasteiger partial charge in [-0.15, -0.1) is 0 Å². The molecule has 1 amide bonds. The molecule has 0 aliphatic rings. The number of hydrogen-bond donors (Lipinski definition) is 3. The largest absolute Gasteiger partial charge is 0.497 e. The summed E-state index contributed by atoms with van der Waals surface area (Å²) in [5, 5.41) is 18.5. The average Bonchev–Trinajstić information content (AvgIpc) is 3.04. The van der Waals surface area contributed by atoms with Gasteiger partial charge < -0.3 is 15.2 Å². The molecule has 0 spiro atoms.